The third-order valence-corrected chi connectivity index (χ3v) is 7.09. The average molecular weight is 465 g/mol. The molecule has 4 nitrogen and oxygen atoms in total. The maximum Gasteiger partial charge on any atom is 0.189 e. The molecule has 34 heavy (non-hydrogen) atoms. The minimum Gasteiger partial charge on any atom is -0.366 e. The third-order valence-electron chi connectivity index (χ3n) is 6.54. The predicted molar refractivity (Wildman–Crippen MR) is 145 cm³/mol. The minimum absolute atomic E-state index is 0.384. The van der Waals surface area contributed by atoms with E-state index in [1.54, 1.807) is 11.8 Å². The molecule has 0 fully saturated rings. The Hall–Kier alpha value is -3.44. The number of nitrogens with zero attached hydrogens (tertiary/aromatic N) is 3. The van der Waals surface area contributed by atoms with Gasteiger partial charge >= 0.3 is 0 Å². The van der Waals surface area contributed by atoms with Crippen LogP contribution in [0.5, 0.6) is 0 Å². The van der Waals surface area contributed by atoms with Crippen LogP contribution < -0.4 is 5.32 Å². The molecule has 0 amide bonds. The zero-order valence-corrected chi connectivity index (χ0v) is 20.5. The van der Waals surface area contributed by atoms with Crippen molar-refractivity contribution in [2.75, 3.05) is 11.6 Å². The molecule has 3 aromatic carbocycles. The first kappa shape index (κ1) is 22.4. The van der Waals surface area contributed by atoms with Crippen LogP contribution in [0.3, 0.4) is 0 Å². The lowest BCUT2D eigenvalue weighted by Gasteiger charge is -2.24. The molecule has 0 aliphatic carbocycles. The van der Waals surface area contributed by atoms with E-state index in [2.05, 4.69) is 102 Å². The van der Waals surface area contributed by atoms with Crippen LogP contribution in [-0.2, 0) is 6.54 Å². The molecule has 0 radical (unpaired) electrons. The quantitative estimate of drug-likeness (QED) is 0.240. The summed E-state index contributed by atoms with van der Waals surface area (Å²) in [6.45, 7) is 5.06. The molecule has 2 atom stereocenters. The Kier molecular flexibility index (Phi) is 6.45. The third kappa shape index (κ3) is 4.75. The number of aromatic nitrogens is 2. The molecule has 1 aromatic heterocycles. The summed E-state index contributed by atoms with van der Waals surface area (Å²) in [5, 5.41) is 6.70. The number of thioether (sulfide) groups is 1. The van der Waals surface area contributed by atoms with E-state index in [-0.39, 0.29) is 0 Å². The molecule has 1 aliphatic rings. The number of hydrogen-bond donors (Lipinski definition) is 1. The Labute approximate surface area is 205 Å². The van der Waals surface area contributed by atoms with Crippen molar-refractivity contribution in [2.45, 2.75) is 31.5 Å². The van der Waals surface area contributed by atoms with Gasteiger partial charge in [-0.05, 0) is 41.1 Å². The van der Waals surface area contributed by atoms with Crippen LogP contribution in [0, 0.1) is 5.92 Å². The first-order chi connectivity index (χ1) is 16.6. The highest BCUT2D eigenvalue weighted by Gasteiger charge is 2.21. The second-order valence-corrected chi connectivity index (χ2v) is 9.48. The summed E-state index contributed by atoms with van der Waals surface area (Å²) in [5.74, 6) is 1.64. The smallest absolute Gasteiger partial charge is 0.189 e. The summed E-state index contributed by atoms with van der Waals surface area (Å²) in [6.07, 6.45) is 6.14. The summed E-state index contributed by atoms with van der Waals surface area (Å²) in [7, 11) is 0. The van der Waals surface area contributed by atoms with E-state index in [1.165, 1.54) is 27.6 Å². The topological polar surface area (TPSA) is 50.2 Å². The number of hydrogen-bond acceptors (Lipinski definition) is 5. The first-order valence-electron chi connectivity index (χ1n) is 11.6. The van der Waals surface area contributed by atoms with Gasteiger partial charge in [0.15, 0.2) is 5.16 Å². The normalized spacial score (nSPS) is 17.6. The zero-order chi connectivity index (χ0) is 23.5. The molecule has 5 rings (SSSR count). The highest BCUT2D eigenvalue weighted by atomic mass is 32.2. The van der Waals surface area contributed by atoms with E-state index in [4.69, 9.17) is 4.98 Å². The second-order valence-electron chi connectivity index (χ2n) is 8.71. The molecule has 0 bridgehead atoms. The van der Waals surface area contributed by atoms with Crippen LogP contribution in [0.25, 0.3) is 22.0 Å². The lowest BCUT2D eigenvalue weighted by Crippen LogP contribution is -2.18. The van der Waals surface area contributed by atoms with Gasteiger partial charge in [-0.2, -0.15) is 0 Å². The van der Waals surface area contributed by atoms with Gasteiger partial charge in [-0.1, -0.05) is 85.4 Å². The Morgan fingerprint density at radius 3 is 2.50 bits per heavy atom. The standard InChI is InChI=1S/C29H28N4S/c1-19-20(2)30-15-14-26(19)23-10-8-21(9-11-23)18-31-28-17-27(32-29(33-28)34-3)25-13-12-22-6-4-5-7-24(22)16-25/h4-17,19,26H,18H2,1-3H3,(H,31,32,33). The Morgan fingerprint density at radius 2 is 1.71 bits per heavy atom. The van der Waals surface area contributed by atoms with Gasteiger partial charge in [0.1, 0.15) is 5.82 Å². The molecular weight excluding hydrogens is 436 g/mol. The zero-order valence-electron chi connectivity index (χ0n) is 19.7. The Bertz CT molecular complexity index is 1370. The number of benzene rings is 3. The van der Waals surface area contributed by atoms with E-state index in [0.29, 0.717) is 18.4 Å². The lowest BCUT2D eigenvalue weighted by atomic mass is 9.83. The van der Waals surface area contributed by atoms with Crippen molar-refractivity contribution < 1.29 is 0 Å². The maximum atomic E-state index is 4.76. The number of aliphatic imine (C=N–C) groups is 1. The fourth-order valence-corrected chi connectivity index (χ4v) is 4.73. The fraction of sp³-hybridized carbons (Fsp3) is 0.207. The molecule has 2 unspecified atom stereocenters. The molecule has 0 saturated heterocycles. The van der Waals surface area contributed by atoms with E-state index >= 15 is 0 Å². The molecule has 4 aromatic rings. The van der Waals surface area contributed by atoms with Gasteiger partial charge in [0, 0.05) is 41.9 Å². The molecule has 2 heterocycles. The van der Waals surface area contributed by atoms with Crippen LogP contribution in [0.2, 0.25) is 0 Å². The Morgan fingerprint density at radius 1 is 0.912 bits per heavy atom. The molecule has 0 saturated carbocycles. The first-order valence-corrected chi connectivity index (χ1v) is 12.8. The monoisotopic (exact) mass is 464 g/mol. The predicted octanol–water partition coefficient (Wildman–Crippen LogP) is 7.34. The van der Waals surface area contributed by atoms with Crippen molar-refractivity contribution in [3.8, 4) is 11.3 Å². The van der Waals surface area contributed by atoms with Crippen LogP contribution >= 0.6 is 11.8 Å². The van der Waals surface area contributed by atoms with Gasteiger partial charge in [0.2, 0.25) is 0 Å². The lowest BCUT2D eigenvalue weighted by molar-refractivity contribution is 0.665. The highest BCUT2D eigenvalue weighted by molar-refractivity contribution is 7.98. The van der Waals surface area contributed by atoms with E-state index in [1.807, 2.05) is 18.5 Å². The summed E-state index contributed by atoms with van der Waals surface area (Å²) < 4.78 is 0. The van der Waals surface area contributed by atoms with Gasteiger partial charge in [-0.25, -0.2) is 9.97 Å². The van der Waals surface area contributed by atoms with Crippen molar-refractivity contribution in [1.82, 2.24) is 9.97 Å². The van der Waals surface area contributed by atoms with Crippen LogP contribution in [0.15, 0.2) is 95.2 Å². The summed E-state index contributed by atoms with van der Waals surface area (Å²) >= 11 is 1.56. The Balaban J connectivity index is 1.33. The number of nitrogens with one attached hydrogen (secondary N) is 1. The van der Waals surface area contributed by atoms with Crippen molar-refractivity contribution in [3.63, 3.8) is 0 Å². The summed E-state index contributed by atoms with van der Waals surface area (Å²) in [6, 6.07) is 25.8. The highest BCUT2D eigenvalue weighted by Crippen LogP contribution is 2.30. The number of allylic oxidation sites excluding steroid dienone is 1. The maximum absolute atomic E-state index is 4.76. The molecule has 5 heteroatoms. The molecule has 0 spiro atoms. The summed E-state index contributed by atoms with van der Waals surface area (Å²) in [4.78, 5) is 13.9. The second kappa shape index (κ2) is 9.82. The SMILES string of the molecule is CSc1nc(NCc2ccc(C3C=CN=C(C)C3C)cc2)cc(-c2ccc3ccccc3c2)n1. The minimum atomic E-state index is 0.384. The van der Waals surface area contributed by atoms with Gasteiger partial charge in [-0.15, -0.1) is 0 Å². The van der Waals surface area contributed by atoms with Crippen molar-refractivity contribution >= 4 is 34.1 Å². The molecule has 1 N–H and O–H groups in total. The van der Waals surface area contributed by atoms with Crippen LogP contribution in [0.1, 0.15) is 30.9 Å². The molecule has 170 valence electrons. The summed E-state index contributed by atoms with van der Waals surface area (Å²) in [5.41, 5.74) is 5.76. The van der Waals surface area contributed by atoms with Crippen LogP contribution in [0.4, 0.5) is 5.82 Å². The van der Waals surface area contributed by atoms with Gasteiger partial charge < -0.3 is 5.32 Å². The van der Waals surface area contributed by atoms with E-state index < -0.39 is 0 Å². The van der Waals surface area contributed by atoms with Crippen molar-refractivity contribution in [1.29, 1.82) is 0 Å². The van der Waals surface area contributed by atoms with Gasteiger partial charge in [0.25, 0.3) is 0 Å². The van der Waals surface area contributed by atoms with Crippen molar-refractivity contribution in [3.05, 3.63) is 96.2 Å². The van der Waals surface area contributed by atoms with Gasteiger partial charge in [0.05, 0.1) is 5.69 Å². The largest absolute Gasteiger partial charge is 0.366 e. The van der Waals surface area contributed by atoms with E-state index in [9.17, 15) is 0 Å². The average Bonchev–Trinajstić information content (AvgIpc) is 2.89. The molecular formula is C29H28N4S. The van der Waals surface area contributed by atoms with Crippen molar-refractivity contribution in [2.24, 2.45) is 10.9 Å². The van der Waals surface area contributed by atoms with Gasteiger partial charge in [-0.3, -0.25) is 4.99 Å². The number of fused-ring (bicyclic) bond motifs is 1. The number of anilines is 1. The van der Waals surface area contributed by atoms with E-state index in [0.717, 1.165) is 22.2 Å². The molecule has 1 aliphatic heterocycles. The fourth-order valence-electron chi connectivity index (χ4n) is 4.35. The van der Waals surface area contributed by atoms with Crippen LogP contribution in [-0.4, -0.2) is 21.9 Å². The number of rotatable bonds is 6.